The molecular formula is C21H19Cl2N5O2. The van der Waals surface area contributed by atoms with E-state index in [-0.39, 0.29) is 16.9 Å². The maximum atomic E-state index is 12.7. The molecule has 154 valence electrons. The molecule has 0 unspecified atom stereocenters. The number of nitriles is 1. The van der Waals surface area contributed by atoms with Gasteiger partial charge in [-0.15, -0.1) is 0 Å². The molecular weight excluding hydrogens is 425 g/mol. The van der Waals surface area contributed by atoms with Gasteiger partial charge in [-0.1, -0.05) is 29.3 Å². The molecule has 7 nitrogen and oxygen atoms in total. The Hall–Kier alpha value is -2.79. The van der Waals surface area contributed by atoms with E-state index in [9.17, 15) is 15.2 Å². The number of rotatable bonds is 3. The molecule has 0 spiro atoms. The number of aromatic hydroxyl groups is 1. The van der Waals surface area contributed by atoms with Crippen LogP contribution in [0.1, 0.15) is 11.1 Å². The fourth-order valence-corrected chi connectivity index (χ4v) is 4.09. The Balaban J connectivity index is 1.62. The predicted octanol–water partition coefficient (Wildman–Crippen LogP) is 3.14. The second-order valence-electron chi connectivity index (χ2n) is 7.25. The van der Waals surface area contributed by atoms with Crippen molar-refractivity contribution >= 4 is 39.9 Å². The summed E-state index contributed by atoms with van der Waals surface area (Å²) in [6.45, 7) is 3.39. The van der Waals surface area contributed by atoms with E-state index in [0.717, 1.165) is 18.7 Å². The highest BCUT2D eigenvalue weighted by Crippen LogP contribution is 2.30. The Labute approximate surface area is 183 Å². The number of benzene rings is 1. The molecule has 1 aromatic carbocycles. The van der Waals surface area contributed by atoms with Gasteiger partial charge in [0.1, 0.15) is 28.1 Å². The number of pyridine rings is 2. The Kier molecular flexibility index (Phi) is 5.56. The van der Waals surface area contributed by atoms with E-state index in [1.807, 2.05) is 11.0 Å². The molecule has 9 heteroatoms. The molecule has 0 atom stereocenters. The zero-order valence-electron chi connectivity index (χ0n) is 16.3. The van der Waals surface area contributed by atoms with Crippen molar-refractivity contribution in [3.05, 3.63) is 62.0 Å². The van der Waals surface area contributed by atoms with Crippen molar-refractivity contribution in [2.24, 2.45) is 7.05 Å². The number of phenols is 1. The lowest BCUT2D eigenvalue weighted by Gasteiger charge is -2.36. The van der Waals surface area contributed by atoms with Crippen molar-refractivity contribution in [1.29, 1.82) is 5.26 Å². The van der Waals surface area contributed by atoms with Gasteiger partial charge in [0.25, 0.3) is 5.56 Å². The first-order valence-electron chi connectivity index (χ1n) is 9.43. The van der Waals surface area contributed by atoms with E-state index < -0.39 is 0 Å². The third kappa shape index (κ3) is 3.70. The van der Waals surface area contributed by atoms with Gasteiger partial charge >= 0.3 is 0 Å². The molecule has 1 saturated heterocycles. The maximum Gasteiger partial charge on any atom is 0.270 e. The van der Waals surface area contributed by atoms with Gasteiger partial charge in [0, 0.05) is 39.8 Å². The molecule has 1 aliphatic rings. The minimum Gasteiger partial charge on any atom is -0.506 e. The number of hydrogen-bond acceptors (Lipinski definition) is 6. The number of nitrogens with zero attached hydrogens (tertiary/aromatic N) is 5. The van der Waals surface area contributed by atoms with Gasteiger partial charge in [0.15, 0.2) is 0 Å². The second kappa shape index (κ2) is 8.15. The highest BCUT2D eigenvalue weighted by molar-refractivity contribution is 6.32. The minimum atomic E-state index is -0.344. The van der Waals surface area contributed by atoms with E-state index in [4.69, 9.17) is 23.2 Å². The number of aryl methyl sites for hydroxylation is 1. The van der Waals surface area contributed by atoms with Gasteiger partial charge in [0.2, 0.25) is 0 Å². The molecule has 0 aliphatic carbocycles. The van der Waals surface area contributed by atoms with Crippen LogP contribution in [0.2, 0.25) is 10.2 Å². The van der Waals surface area contributed by atoms with Gasteiger partial charge < -0.3 is 14.6 Å². The summed E-state index contributed by atoms with van der Waals surface area (Å²) in [6, 6.07) is 10.7. The predicted molar refractivity (Wildman–Crippen MR) is 117 cm³/mol. The minimum absolute atomic E-state index is 0.0704. The molecule has 1 aliphatic heterocycles. The number of piperazine rings is 1. The lowest BCUT2D eigenvalue weighted by atomic mass is 10.1. The molecule has 3 heterocycles. The van der Waals surface area contributed by atoms with Crippen LogP contribution < -0.4 is 10.5 Å². The zero-order valence-corrected chi connectivity index (χ0v) is 17.8. The van der Waals surface area contributed by atoms with Crippen molar-refractivity contribution in [3.8, 4) is 11.8 Å². The molecule has 0 bridgehead atoms. The molecule has 3 aromatic rings. The first-order chi connectivity index (χ1) is 14.4. The number of hydrogen-bond donors (Lipinski definition) is 1. The molecule has 0 amide bonds. The molecule has 30 heavy (non-hydrogen) atoms. The third-order valence-electron chi connectivity index (χ3n) is 5.40. The summed E-state index contributed by atoms with van der Waals surface area (Å²) in [4.78, 5) is 21.4. The van der Waals surface area contributed by atoms with Gasteiger partial charge in [-0.2, -0.15) is 5.26 Å². The van der Waals surface area contributed by atoms with E-state index in [1.165, 1.54) is 4.57 Å². The van der Waals surface area contributed by atoms with Crippen LogP contribution in [0.15, 0.2) is 35.1 Å². The summed E-state index contributed by atoms with van der Waals surface area (Å²) in [5, 5.41) is 20.1. The van der Waals surface area contributed by atoms with Crippen LogP contribution in [0.5, 0.6) is 5.75 Å². The second-order valence-corrected chi connectivity index (χ2v) is 8.04. The van der Waals surface area contributed by atoms with Crippen LogP contribution in [0.4, 0.5) is 5.69 Å². The Morgan fingerprint density at radius 1 is 1.17 bits per heavy atom. The van der Waals surface area contributed by atoms with Crippen LogP contribution in [0.3, 0.4) is 0 Å². The fourth-order valence-electron chi connectivity index (χ4n) is 3.82. The summed E-state index contributed by atoms with van der Waals surface area (Å²) in [5.41, 5.74) is 2.44. The van der Waals surface area contributed by atoms with Crippen LogP contribution in [-0.2, 0) is 13.6 Å². The molecule has 2 aromatic heterocycles. The van der Waals surface area contributed by atoms with E-state index >= 15 is 0 Å². The largest absolute Gasteiger partial charge is 0.506 e. The summed E-state index contributed by atoms with van der Waals surface area (Å²) >= 11 is 12.0. The Bertz CT molecular complexity index is 1230. The molecule has 1 N–H and O–H groups in total. The average Bonchev–Trinajstić information content (AvgIpc) is 2.74. The van der Waals surface area contributed by atoms with Gasteiger partial charge in [-0.3, -0.25) is 9.69 Å². The van der Waals surface area contributed by atoms with E-state index in [0.29, 0.717) is 46.5 Å². The maximum absolute atomic E-state index is 12.7. The van der Waals surface area contributed by atoms with E-state index in [1.54, 1.807) is 31.3 Å². The van der Waals surface area contributed by atoms with Crippen LogP contribution in [-0.4, -0.2) is 45.7 Å². The van der Waals surface area contributed by atoms with Gasteiger partial charge in [-0.25, -0.2) is 4.98 Å². The number of fused-ring (bicyclic) bond motifs is 1. The van der Waals surface area contributed by atoms with Gasteiger partial charge in [-0.05, 0) is 29.8 Å². The fraction of sp³-hybridized carbons (Fsp3) is 0.286. The van der Waals surface area contributed by atoms with Crippen LogP contribution >= 0.6 is 23.2 Å². The zero-order chi connectivity index (χ0) is 21.4. The number of aromatic nitrogens is 2. The SMILES string of the molecule is Cn1c(=O)c(C#N)c(N2CCN(Cc3ccc(Cl)c(O)c3)CC2)c2nc(Cl)ccc21. The molecule has 1 fully saturated rings. The van der Waals surface area contributed by atoms with Crippen LogP contribution in [0, 0.1) is 11.3 Å². The van der Waals surface area contributed by atoms with Gasteiger partial charge in [0.05, 0.1) is 16.2 Å². The Morgan fingerprint density at radius 3 is 2.57 bits per heavy atom. The summed E-state index contributed by atoms with van der Waals surface area (Å²) in [6.07, 6.45) is 0. The molecule has 0 radical (unpaired) electrons. The van der Waals surface area contributed by atoms with Crippen molar-refractivity contribution in [2.45, 2.75) is 6.54 Å². The highest BCUT2D eigenvalue weighted by atomic mass is 35.5. The monoisotopic (exact) mass is 443 g/mol. The van der Waals surface area contributed by atoms with Crippen molar-refractivity contribution in [1.82, 2.24) is 14.5 Å². The third-order valence-corrected chi connectivity index (χ3v) is 5.93. The molecule has 4 rings (SSSR count). The number of anilines is 1. The lowest BCUT2D eigenvalue weighted by Crippen LogP contribution is -2.47. The highest BCUT2D eigenvalue weighted by Gasteiger charge is 2.25. The van der Waals surface area contributed by atoms with Crippen molar-refractivity contribution in [3.63, 3.8) is 0 Å². The standard InChI is InChI=1S/C21H19Cl2N5O2/c1-26-16-4-5-18(23)25-19(16)20(14(11-24)21(26)30)28-8-6-27(7-9-28)12-13-2-3-15(22)17(29)10-13/h2-5,10,29H,6-9,12H2,1H3. The normalized spacial score (nSPS) is 14.8. The Morgan fingerprint density at radius 2 is 1.90 bits per heavy atom. The topological polar surface area (TPSA) is 85.4 Å². The summed E-state index contributed by atoms with van der Waals surface area (Å²) in [7, 11) is 1.63. The summed E-state index contributed by atoms with van der Waals surface area (Å²) in [5.74, 6) is 0.0704. The quantitative estimate of drug-likeness (QED) is 0.625. The van der Waals surface area contributed by atoms with Crippen molar-refractivity contribution in [2.75, 3.05) is 31.1 Å². The van der Waals surface area contributed by atoms with E-state index in [2.05, 4.69) is 16.0 Å². The average molecular weight is 444 g/mol. The first kappa shape index (κ1) is 20.5. The number of phenolic OH excluding ortho intramolecular Hbond substituents is 1. The molecule has 0 saturated carbocycles. The van der Waals surface area contributed by atoms with Crippen LogP contribution in [0.25, 0.3) is 11.0 Å². The number of halogens is 2. The van der Waals surface area contributed by atoms with Crippen molar-refractivity contribution < 1.29 is 5.11 Å². The smallest absolute Gasteiger partial charge is 0.270 e. The summed E-state index contributed by atoms with van der Waals surface area (Å²) < 4.78 is 1.43. The first-order valence-corrected chi connectivity index (χ1v) is 10.2. The lowest BCUT2D eigenvalue weighted by molar-refractivity contribution is 0.249.